The maximum atomic E-state index is 13.2. The normalized spacial score (nSPS) is 13.9. The maximum absolute atomic E-state index is 13.2. The fourth-order valence-corrected chi connectivity index (χ4v) is 3.55. The molecule has 0 unspecified atom stereocenters. The number of anilines is 4. The van der Waals surface area contributed by atoms with Crippen molar-refractivity contribution in [1.82, 2.24) is 9.97 Å². The van der Waals surface area contributed by atoms with Crippen LogP contribution >= 0.6 is 0 Å². The molecule has 1 fully saturated rings. The van der Waals surface area contributed by atoms with Crippen molar-refractivity contribution in [2.45, 2.75) is 6.92 Å². The lowest BCUT2D eigenvalue weighted by atomic mass is 10.2. The summed E-state index contributed by atoms with van der Waals surface area (Å²) in [5, 5.41) is 14.9. The van der Waals surface area contributed by atoms with Crippen LogP contribution in [0.15, 0.2) is 54.9 Å². The highest BCUT2D eigenvalue weighted by molar-refractivity contribution is 5.74. The number of piperazine rings is 1. The number of halogens is 1. The molecule has 1 saturated heterocycles. The fourth-order valence-electron chi connectivity index (χ4n) is 3.55. The summed E-state index contributed by atoms with van der Waals surface area (Å²) in [7, 11) is 0. The summed E-state index contributed by atoms with van der Waals surface area (Å²) in [5.74, 6) is 0.183. The van der Waals surface area contributed by atoms with E-state index in [2.05, 4.69) is 20.2 Å². The van der Waals surface area contributed by atoms with Gasteiger partial charge in [0.15, 0.2) is 0 Å². The van der Waals surface area contributed by atoms with Crippen molar-refractivity contribution in [3.05, 3.63) is 76.4 Å². The minimum absolute atomic E-state index is 0.144. The molecule has 0 bridgehead atoms. The predicted molar refractivity (Wildman–Crippen MR) is 114 cm³/mol. The molecule has 0 spiro atoms. The van der Waals surface area contributed by atoms with Crippen molar-refractivity contribution < 1.29 is 9.31 Å². The Hall–Kier alpha value is -3.75. The molecule has 154 valence electrons. The SMILES string of the molecule is Cc1cccc(Nc2ncnc(N3CCN(c4ccc(F)cc4)CC3)c2[N+](=O)[O-])c1. The largest absolute Gasteiger partial charge is 0.368 e. The van der Waals surface area contributed by atoms with Crippen LogP contribution in [0, 0.1) is 22.9 Å². The molecule has 8 nitrogen and oxygen atoms in total. The molecule has 9 heteroatoms. The molecule has 0 radical (unpaired) electrons. The zero-order chi connectivity index (χ0) is 21.1. The molecule has 1 aromatic heterocycles. The van der Waals surface area contributed by atoms with Crippen molar-refractivity contribution >= 4 is 28.7 Å². The van der Waals surface area contributed by atoms with E-state index in [1.165, 1.54) is 18.5 Å². The van der Waals surface area contributed by atoms with E-state index in [4.69, 9.17) is 0 Å². The van der Waals surface area contributed by atoms with Gasteiger partial charge >= 0.3 is 5.69 Å². The van der Waals surface area contributed by atoms with Gasteiger partial charge in [-0.2, -0.15) is 0 Å². The average molecular weight is 408 g/mol. The third-order valence-corrected chi connectivity index (χ3v) is 5.04. The first-order chi connectivity index (χ1) is 14.5. The Labute approximate surface area is 173 Å². The van der Waals surface area contributed by atoms with Gasteiger partial charge in [0.25, 0.3) is 0 Å². The van der Waals surface area contributed by atoms with Crippen LogP contribution in [0.5, 0.6) is 0 Å². The molecule has 2 aromatic carbocycles. The lowest BCUT2D eigenvalue weighted by molar-refractivity contribution is -0.383. The molecule has 1 aliphatic heterocycles. The summed E-state index contributed by atoms with van der Waals surface area (Å²) in [6.45, 7) is 4.35. The van der Waals surface area contributed by atoms with Crippen LogP contribution < -0.4 is 15.1 Å². The quantitative estimate of drug-likeness (QED) is 0.506. The van der Waals surface area contributed by atoms with Gasteiger partial charge in [0.1, 0.15) is 12.1 Å². The Kier molecular flexibility index (Phi) is 5.42. The van der Waals surface area contributed by atoms with Crippen LogP contribution in [-0.2, 0) is 0 Å². The summed E-state index contributed by atoms with van der Waals surface area (Å²) in [6, 6.07) is 13.9. The zero-order valence-electron chi connectivity index (χ0n) is 16.5. The van der Waals surface area contributed by atoms with E-state index in [-0.39, 0.29) is 17.3 Å². The van der Waals surface area contributed by atoms with E-state index >= 15 is 0 Å². The smallest absolute Gasteiger partial charge is 0.353 e. The highest BCUT2D eigenvalue weighted by atomic mass is 19.1. The molecule has 0 saturated carbocycles. The van der Waals surface area contributed by atoms with Gasteiger partial charge in [0.05, 0.1) is 4.92 Å². The molecule has 0 atom stereocenters. The van der Waals surface area contributed by atoms with Gasteiger partial charge in [-0.25, -0.2) is 14.4 Å². The molecule has 2 heterocycles. The summed E-state index contributed by atoms with van der Waals surface area (Å²) in [5.41, 5.74) is 2.54. The number of rotatable bonds is 5. The van der Waals surface area contributed by atoms with Gasteiger partial charge in [-0.1, -0.05) is 12.1 Å². The standard InChI is InChI=1S/C21H21FN6O2/c1-15-3-2-4-17(13-15)25-20-19(28(29)30)21(24-14-23-20)27-11-9-26(10-12-27)18-7-5-16(22)6-8-18/h2-8,13-14H,9-12H2,1H3,(H,23,24,25). The van der Waals surface area contributed by atoms with E-state index in [1.807, 2.05) is 36.1 Å². The van der Waals surface area contributed by atoms with E-state index < -0.39 is 4.92 Å². The number of nitrogens with one attached hydrogen (secondary N) is 1. The summed E-state index contributed by atoms with van der Waals surface area (Å²) in [4.78, 5) is 23.8. The molecule has 0 amide bonds. The van der Waals surface area contributed by atoms with Gasteiger partial charge in [0, 0.05) is 37.6 Å². The van der Waals surface area contributed by atoms with Crippen molar-refractivity contribution in [3.63, 3.8) is 0 Å². The van der Waals surface area contributed by atoms with Gasteiger partial charge < -0.3 is 15.1 Å². The van der Waals surface area contributed by atoms with Crippen molar-refractivity contribution in [2.75, 3.05) is 41.3 Å². The van der Waals surface area contributed by atoms with Gasteiger partial charge in [0.2, 0.25) is 11.6 Å². The number of nitrogens with zero attached hydrogens (tertiary/aromatic N) is 5. The minimum Gasteiger partial charge on any atom is -0.368 e. The third-order valence-electron chi connectivity index (χ3n) is 5.04. The molecular formula is C21H21FN6O2. The highest BCUT2D eigenvalue weighted by Gasteiger charge is 2.29. The molecule has 4 rings (SSSR count). The molecule has 30 heavy (non-hydrogen) atoms. The first-order valence-corrected chi connectivity index (χ1v) is 9.60. The van der Waals surface area contributed by atoms with Crippen LogP contribution in [0.1, 0.15) is 5.56 Å². The van der Waals surface area contributed by atoms with Crippen LogP contribution in [0.25, 0.3) is 0 Å². The Bertz CT molecular complexity index is 1050. The second-order valence-corrected chi connectivity index (χ2v) is 7.10. The van der Waals surface area contributed by atoms with E-state index in [1.54, 1.807) is 12.1 Å². The average Bonchev–Trinajstić information content (AvgIpc) is 2.74. The number of aromatic nitrogens is 2. The van der Waals surface area contributed by atoms with E-state index in [0.717, 1.165) is 16.9 Å². The first kappa shape index (κ1) is 19.6. The second kappa shape index (κ2) is 8.32. The molecule has 3 aromatic rings. The fraction of sp³-hybridized carbons (Fsp3) is 0.238. The van der Waals surface area contributed by atoms with Gasteiger partial charge in [-0.15, -0.1) is 0 Å². The Balaban J connectivity index is 1.55. The van der Waals surface area contributed by atoms with Crippen LogP contribution in [-0.4, -0.2) is 41.1 Å². The van der Waals surface area contributed by atoms with Gasteiger partial charge in [-0.05, 0) is 48.9 Å². The van der Waals surface area contributed by atoms with Crippen molar-refractivity contribution in [2.24, 2.45) is 0 Å². The summed E-state index contributed by atoms with van der Waals surface area (Å²) < 4.78 is 13.2. The number of hydrogen-bond acceptors (Lipinski definition) is 7. The third kappa shape index (κ3) is 4.14. The molecule has 1 aliphatic rings. The monoisotopic (exact) mass is 408 g/mol. The van der Waals surface area contributed by atoms with Crippen LogP contribution in [0.3, 0.4) is 0 Å². The predicted octanol–water partition coefficient (Wildman–Crippen LogP) is 3.90. The molecule has 1 N–H and O–H groups in total. The second-order valence-electron chi connectivity index (χ2n) is 7.10. The van der Waals surface area contributed by atoms with Crippen molar-refractivity contribution in [3.8, 4) is 0 Å². The van der Waals surface area contributed by atoms with Gasteiger partial charge in [-0.3, -0.25) is 10.1 Å². The zero-order valence-corrected chi connectivity index (χ0v) is 16.5. The lowest BCUT2D eigenvalue weighted by Gasteiger charge is -2.36. The molecular weight excluding hydrogens is 387 g/mol. The summed E-state index contributed by atoms with van der Waals surface area (Å²) >= 11 is 0. The lowest BCUT2D eigenvalue weighted by Crippen LogP contribution is -2.47. The number of hydrogen-bond donors (Lipinski definition) is 1. The number of nitro groups is 1. The van der Waals surface area contributed by atoms with Crippen LogP contribution in [0.4, 0.5) is 33.1 Å². The Morgan fingerprint density at radius 1 is 1.03 bits per heavy atom. The topological polar surface area (TPSA) is 87.4 Å². The number of aryl methyl sites for hydroxylation is 1. The van der Waals surface area contributed by atoms with E-state index in [0.29, 0.717) is 32.0 Å². The van der Waals surface area contributed by atoms with Crippen LogP contribution in [0.2, 0.25) is 0 Å². The van der Waals surface area contributed by atoms with Crippen molar-refractivity contribution in [1.29, 1.82) is 0 Å². The Morgan fingerprint density at radius 2 is 1.73 bits per heavy atom. The summed E-state index contributed by atoms with van der Waals surface area (Å²) in [6.07, 6.45) is 1.34. The molecule has 0 aliphatic carbocycles. The Morgan fingerprint density at radius 3 is 2.40 bits per heavy atom. The first-order valence-electron chi connectivity index (χ1n) is 9.60. The maximum Gasteiger partial charge on any atom is 0.353 e. The number of benzene rings is 2. The minimum atomic E-state index is -0.445. The van der Waals surface area contributed by atoms with E-state index in [9.17, 15) is 14.5 Å². The highest BCUT2D eigenvalue weighted by Crippen LogP contribution is 2.34.